The maximum Gasteiger partial charge on any atom is 0.324 e. The van der Waals surface area contributed by atoms with Gasteiger partial charge in [0, 0.05) is 0 Å². The van der Waals surface area contributed by atoms with E-state index < -0.39 is 0 Å². The van der Waals surface area contributed by atoms with Gasteiger partial charge in [-0.25, -0.2) is 0 Å². The Hall–Kier alpha value is -0.570. The molecule has 1 saturated carbocycles. The number of rotatable bonds is 3. The molecule has 0 aromatic heterocycles. The second-order valence-corrected chi connectivity index (χ2v) is 3.02. The summed E-state index contributed by atoms with van der Waals surface area (Å²) in [6.45, 7) is 2.09. The highest BCUT2D eigenvalue weighted by molar-refractivity contribution is 5.70. The molecule has 0 saturated heterocycles. The van der Waals surface area contributed by atoms with Crippen LogP contribution in [0.5, 0.6) is 0 Å². The van der Waals surface area contributed by atoms with Crippen molar-refractivity contribution in [2.24, 2.45) is 11.3 Å². The standard InChI is InChI=1S/C7H13NO2/c1-2-7(3-4-7)5-6(9)10-8/h2-5,8H2,1H3. The third-order valence-electron chi connectivity index (χ3n) is 2.36. The average molecular weight is 143 g/mol. The van der Waals surface area contributed by atoms with Gasteiger partial charge in [0.15, 0.2) is 0 Å². The fourth-order valence-corrected chi connectivity index (χ4v) is 1.18. The van der Waals surface area contributed by atoms with Crippen LogP contribution in [0.1, 0.15) is 32.6 Å². The van der Waals surface area contributed by atoms with Gasteiger partial charge >= 0.3 is 5.97 Å². The van der Waals surface area contributed by atoms with Crippen LogP contribution in [-0.2, 0) is 9.63 Å². The topological polar surface area (TPSA) is 52.3 Å². The van der Waals surface area contributed by atoms with Crippen molar-refractivity contribution in [1.82, 2.24) is 0 Å². The number of hydrogen-bond donors (Lipinski definition) is 1. The molecule has 1 rings (SSSR count). The van der Waals surface area contributed by atoms with Crippen molar-refractivity contribution >= 4 is 5.97 Å². The van der Waals surface area contributed by atoms with E-state index in [1.54, 1.807) is 0 Å². The van der Waals surface area contributed by atoms with E-state index in [0.717, 1.165) is 19.3 Å². The van der Waals surface area contributed by atoms with Gasteiger partial charge in [-0.05, 0) is 24.7 Å². The molecule has 1 aliphatic carbocycles. The van der Waals surface area contributed by atoms with Crippen LogP contribution >= 0.6 is 0 Å². The molecule has 0 amide bonds. The lowest BCUT2D eigenvalue weighted by Gasteiger charge is -2.07. The van der Waals surface area contributed by atoms with Gasteiger partial charge in [0.2, 0.25) is 0 Å². The van der Waals surface area contributed by atoms with Crippen LogP contribution in [0.3, 0.4) is 0 Å². The summed E-state index contributed by atoms with van der Waals surface area (Å²) >= 11 is 0. The predicted octanol–water partition coefficient (Wildman–Crippen LogP) is 0.984. The number of carbonyl (C=O) groups is 1. The third kappa shape index (κ3) is 1.48. The van der Waals surface area contributed by atoms with E-state index in [2.05, 4.69) is 11.8 Å². The van der Waals surface area contributed by atoms with E-state index in [4.69, 9.17) is 5.90 Å². The smallest absolute Gasteiger partial charge is 0.324 e. The van der Waals surface area contributed by atoms with Gasteiger partial charge < -0.3 is 4.84 Å². The number of hydrogen-bond acceptors (Lipinski definition) is 3. The molecule has 3 heteroatoms. The Morgan fingerprint density at radius 2 is 2.30 bits per heavy atom. The Morgan fingerprint density at radius 3 is 2.60 bits per heavy atom. The van der Waals surface area contributed by atoms with Crippen LogP contribution in [-0.4, -0.2) is 5.97 Å². The Labute approximate surface area is 60.5 Å². The van der Waals surface area contributed by atoms with Crippen molar-refractivity contribution in [2.45, 2.75) is 32.6 Å². The van der Waals surface area contributed by atoms with Crippen molar-refractivity contribution < 1.29 is 9.63 Å². The predicted molar refractivity (Wildman–Crippen MR) is 36.9 cm³/mol. The van der Waals surface area contributed by atoms with E-state index in [1.807, 2.05) is 0 Å². The summed E-state index contributed by atoms with van der Waals surface area (Å²) in [7, 11) is 0. The van der Waals surface area contributed by atoms with Crippen molar-refractivity contribution in [3.05, 3.63) is 0 Å². The molecule has 0 heterocycles. The van der Waals surface area contributed by atoms with E-state index in [1.165, 1.54) is 0 Å². The summed E-state index contributed by atoms with van der Waals surface area (Å²) in [5, 5.41) is 0. The third-order valence-corrected chi connectivity index (χ3v) is 2.36. The minimum absolute atomic E-state index is 0.260. The van der Waals surface area contributed by atoms with Gasteiger partial charge in [0.25, 0.3) is 0 Å². The lowest BCUT2D eigenvalue weighted by atomic mass is 10.00. The normalized spacial score (nSPS) is 20.2. The quantitative estimate of drug-likeness (QED) is 0.599. The average Bonchev–Trinajstić information content (AvgIpc) is 2.70. The molecule has 0 radical (unpaired) electrons. The minimum Gasteiger partial charge on any atom is -0.373 e. The van der Waals surface area contributed by atoms with Gasteiger partial charge in [-0.15, -0.1) is 0 Å². The Bertz CT molecular complexity index is 141. The fraction of sp³-hybridized carbons (Fsp3) is 0.857. The second-order valence-electron chi connectivity index (χ2n) is 3.02. The van der Waals surface area contributed by atoms with Crippen LogP contribution < -0.4 is 5.90 Å². The van der Waals surface area contributed by atoms with E-state index in [0.29, 0.717) is 6.42 Å². The lowest BCUT2D eigenvalue weighted by Crippen LogP contribution is -2.14. The van der Waals surface area contributed by atoms with E-state index in [9.17, 15) is 4.79 Å². The summed E-state index contributed by atoms with van der Waals surface area (Å²) in [6, 6.07) is 0. The number of nitrogens with two attached hydrogens (primary N) is 1. The molecule has 0 atom stereocenters. The second kappa shape index (κ2) is 2.58. The molecule has 58 valence electrons. The molecule has 0 aromatic carbocycles. The van der Waals surface area contributed by atoms with Crippen LogP contribution in [0.25, 0.3) is 0 Å². The summed E-state index contributed by atoms with van der Waals surface area (Å²) in [4.78, 5) is 14.8. The van der Waals surface area contributed by atoms with Gasteiger partial charge in [-0.2, -0.15) is 5.90 Å². The zero-order chi connectivity index (χ0) is 7.61. The maximum absolute atomic E-state index is 10.7. The summed E-state index contributed by atoms with van der Waals surface area (Å²) in [5.41, 5.74) is 0.260. The van der Waals surface area contributed by atoms with Gasteiger partial charge in [-0.1, -0.05) is 6.92 Å². The number of carbonyl (C=O) groups excluding carboxylic acids is 1. The van der Waals surface area contributed by atoms with E-state index in [-0.39, 0.29) is 11.4 Å². The van der Waals surface area contributed by atoms with Gasteiger partial charge in [-0.3, -0.25) is 4.79 Å². The Morgan fingerprint density at radius 1 is 1.70 bits per heavy atom. The highest BCUT2D eigenvalue weighted by Gasteiger charge is 2.42. The van der Waals surface area contributed by atoms with Crippen LogP contribution in [0.15, 0.2) is 0 Å². The van der Waals surface area contributed by atoms with Crippen molar-refractivity contribution in [2.75, 3.05) is 0 Å². The summed E-state index contributed by atoms with van der Waals surface area (Å²) in [5.74, 6) is 4.43. The van der Waals surface area contributed by atoms with Crippen molar-refractivity contribution in [3.8, 4) is 0 Å². The molecule has 2 N–H and O–H groups in total. The molecule has 1 aliphatic rings. The van der Waals surface area contributed by atoms with E-state index >= 15 is 0 Å². The Balaban J connectivity index is 2.30. The first-order valence-electron chi connectivity index (χ1n) is 3.62. The SMILES string of the molecule is CCC1(CC(=O)ON)CC1. The zero-order valence-corrected chi connectivity index (χ0v) is 6.22. The zero-order valence-electron chi connectivity index (χ0n) is 6.22. The first-order valence-corrected chi connectivity index (χ1v) is 3.62. The summed E-state index contributed by atoms with van der Waals surface area (Å²) < 4.78 is 0. The highest BCUT2D eigenvalue weighted by atomic mass is 16.7. The molecule has 1 fully saturated rings. The maximum atomic E-state index is 10.7. The molecular formula is C7H13NO2. The van der Waals surface area contributed by atoms with Crippen molar-refractivity contribution in [3.63, 3.8) is 0 Å². The fourth-order valence-electron chi connectivity index (χ4n) is 1.18. The molecule has 10 heavy (non-hydrogen) atoms. The summed E-state index contributed by atoms with van der Waals surface area (Å²) in [6.07, 6.45) is 3.86. The Kier molecular flexibility index (Phi) is 1.94. The first kappa shape index (κ1) is 7.54. The van der Waals surface area contributed by atoms with Gasteiger partial charge in [0.05, 0.1) is 6.42 Å². The molecule has 0 aliphatic heterocycles. The molecule has 0 bridgehead atoms. The first-order chi connectivity index (χ1) is 4.72. The monoisotopic (exact) mass is 143 g/mol. The molecule has 3 nitrogen and oxygen atoms in total. The van der Waals surface area contributed by atoms with Crippen molar-refractivity contribution in [1.29, 1.82) is 0 Å². The largest absolute Gasteiger partial charge is 0.373 e. The van der Waals surface area contributed by atoms with Crippen LogP contribution in [0.2, 0.25) is 0 Å². The lowest BCUT2D eigenvalue weighted by molar-refractivity contribution is -0.145. The molecular weight excluding hydrogens is 130 g/mol. The molecule has 0 unspecified atom stereocenters. The molecule has 0 spiro atoms. The van der Waals surface area contributed by atoms with Crippen LogP contribution in [0.4, 0.5) is 0 Å². The molecule has 0 aromatic rings. The van der Waals surface area contributed by atoms with Crippen LogP contribution in [0, 0.1) is 5.41 Å². The van der Waals surface area contributed by atoms with Gasteiger partial charge in [0.1, 0.15) is 0 Å². The minimum atomic E-state index is -0.278. The highest BCUT2D eigenvalue weighted by Crippen LogP contribution is 2.51.